The molecule has 7 heteroatoms. The van der Waals surface area contributed by atoms with Crippen molar-refractivity contribution in [1.29, 1.82) is 0 Å². The highest BCUT2D eigenvalue weighted by Gasteiger charge is 2.32. The van der Waals surface area contributed by atoms with E-state index >= 15 is 0 Å². The monoisotopic (exact) mass is 457 g/mol. The van der Waals surface area contributed by atoms with Gasteiger partial charge in [0.15, 0.2) is 5.76 Å². The van der Waals surface area contributed by atoms with Gasteiger partial charge in [-0.25, -0.2) is 4.98 Å². The molecule has 0 amide bonds. The fourth-order valence-electron chi connectivity index (χ4n) is 4.33. The van der Waals surface area contributed by atoms with Gasteiger partial charge in [0.05, 0.1) is 17.7 Å². The predicted molar refractivity (Wildman–Crippen MR) is 130 cm³/mol. The molecule has 0 bridgehead atoms. The zero-order chi connectivity index (χ0) is 23.5. The summed E-state index contributed by atoms with van der Waals surface area (Å²) in [5.74, 6) is 2.43. The number of ether oxygens (including phenoxy) is 2. The summed E-state index contributed by atoms with van der Waals surface area (Å²) in [4.78, 5) is 21.9. The zero-order valence-electron chi connectivity index (χ0n) is 19.1. The first-order chi connectivity index (χ1) is 16.6. The number of hydrogen-bond donors (Lipinski definition) is 1. The van der Waals surface area contributed by atoms with E-state index in [1.54, 1.807) is 24.4 Å². The van der Waals surface area contributed by atoms with Gasteiger partial charge in [0.2, 0.25) is 5.78 Å². The van der Waals surface area contributed by atoms with Crippen molar-refractivity contribution in [2.45, 2.75) is 13.5 Å². The number of phenols is 1. The Hall–Kier alpha value is -3.84. The average Bonchev–Trinajstić information content (AvgIpc) is 3.18. The molecular weight excluding hydrogens is 430 g/mol. The summed E-state index contributed by atoms with van der Waals surface area (Å²) in [7, 11) is 0. The van der Waals surface area contributed by atoms with Gasteiger partial charge in [-0.15, -0.1) is 0 Å². The molecule has 2 aliphatic rings. The lowest BCUT2D eigenvalue weighted by molar-refractivity contribution is 0.101. The highest BCUT2D eigenvalue weighted by atomic mass is 16.5. The minimum absolute atomic E-state index is 0.140. The standard InChI is InChI=1S/C27H27N3O4/c1-2-33-20-8-6-19(7-9-20)17-24-26(32)21-10-11-23(31)22(27(21)34-24)18-29-13-15-30(16-14-29)25-5-3-4-12-28-25/h3-12,17,31H,2,13-16,18H2,1H3/b24-17-. The normalized spacial score (nSPS) is 17.0. The Bertz CT molecular complexity index is 1200. The first-order valence-corrected chi connectivity index (χ1v) is 11.5. The van der Waals surface area contributed by atoms with Crippen LogP contribution in [-0.4, -0.2) is 53.6 Å². The molecule has 1 N–H and O–H groups in total. The summed E-state index contributed by atoms with van der Waals surface area (Å²) in [5.41, 5.74) is 1.97. The van der Waals surface area contributed by atoms with Gasteiger partial charge in [0, 0.05) is 38.9 Å². The molecule has 2 aromatic carbocycles. The summed E-state index contributed by atoms with van der Waals surface area (Å²) in [6.07, 6.45) is 3.53. The molecule has 0 aliphatic carbocycles. The molecule has 5 rings (SSSR count). The Morgan fingerprint density at radius 2 is 1.85 bits per heavy atom. The minimum atomic E-state index is -0.176. The Morgan fingerprint density at radius 3 is 2.56 bits per heavy atom. The van der Waals surface area contributed by atoms with Crippen LogP contribution in [0.2, 0.25) is 0 Å². The molecule has 0 spiro atoms. The lowest BCUT2D eigenvalue weighted by atomic mass is 10.0. The number of benzene rings is 2. The average molecular weight is 458 g/mol. The molecule has 0 unspecified atom stereocenters. The van der Waals surface area contributed by atoms with E-state index in [9.17, 15) is 9.90 Å². The molecule has 1 aromatic heterocycles. The fourth-order valence-corrected chi connectivity index (χ4v) is 4.33. The Balaban J connectivity index is 1.31. The van der Waals surface area contributed by atoms with E-state index in [-0.39, 0.29) is 17.3 Å². The number of aromatic nitrogens is 1. The van der Waals surface area contributed by atoms with Crippen molar-refractivity contribution >= 4 is 17.7 Å². The van der Waals surface area contributed by atoms with Gasteiger partial charge < -0.3 is 19.5 Å². The number of piperazine rings is 1. The minimum Gasteiger partial charge on any atom is -0.507 e. The number of nitrogens with zero attached hydrogens (tertiary/aromatic N) is 3. The fraction of sp³-hybridized carbons (Fsp3) is 0.259. The molecular formula is C27H27N3O4. The lowest BCUT2D eigenvalue weighted by Crippen LogP contribution is -2.46. The van der Waals surface area contributed by atoms with Crippen molar-refractivity contribution in [3.8, 4) is 17.2 Å². The van der Waals surface area contributed by atoms with Crippen LogP contribution in [0.3, 0.4) is 0 Å². The van der Waals surface area contributed by atoms with Crippen molar-refractivity contribution in [3.05, 3.63) is 83.2 Å². The van der Waals surface area contributed by atoms with Crippen LogP contribution in [-0.2, 0) is 6.54 Å². The molecule has 0 saturated carbocycles. The van der Waals surface area contributed by atoms with Crippen LogP contribution in [0.15, 0.2) is 66.6 Å². The van der Waals surface area contributed by atoms with Crippen LogP contribution in [0.4, 0.5) is 5.82 Å². The topological polar surface area (TPSA) is 75.1 Å². The third-order valence-corrected chi connectivity index (χ3v) is 6.13. The van der Waals surface area contributed by atoms with Gasteiger partial charge >= 0.3 is 0 Å². The number of rotatable bonds is 6. The summed E-state index contributed by atoms with van der Waals surface area (Å²) >= 11 is 0. The highest BCUT2D eigenvalue weighted by molar-refractivity contribution is 6.15. The molecule has 1 saturated heterocycles. The first-order valence-electron chi connectivity index (χ1n) is 11.5. The van der Waals surface area contributed by atoms with E-state index < -0.39 is 0 Å². The van der Waals surface area contributed by atoms with E-state index in [2.05, 4.69) is 14.8 Å². The Kier molecular flexibility index (Phi) is 6.18. The molecule has 174 valence electrons. The van der Waals surface area contributed by atoms with Gasteiger partial charge in [-0.3, -0.25) is 9.69 Å². The molecule has 1 fully saturated rings. The lowest BCUT2D eigenvalue weighted by Gasteiger charge is -2.35. The first kappa shape index (κ1) is 22.0. The van der Waals surface area contributed by atoms with Crippen molar-refractivity contribution < 1.29 is 19.4 Å². The van der Waals surface area contributed by atoms with Crippen LogP contribution in [0.1, 0.15) is 28.4 Å². The van der Waals surface area contributed by atoms with E-state index in [4.69, 9.17) is 9.47 Å². The molecule has 0 atom stereocenters. The third kappa shape index (κ3) is 4.47. The number of hydrogen-bond acceptors (Lipinski definition) is 7. The van der Waals surface area contributed by atoms with E-state index in [1.807, 2.05) is 49.4 Å². The second-order valence-corrected chi connectivity index (χ2v) is 8.33. The number of ketones is 1. The Morgan fingerprint density at radius 1 is 1.06 bits per heavy atom. The van der Waals surface area contributed by atoms with Crippen LogP contribution in [0.25, 0.3) is 6.08 Å². The van der Waals surface area contributed by atoms with Gasteiger partial charge in [-0.2, -0.15) is 0 Å². The van der Waals surface area contributed by atoms with E-state index in [0.29, 0.717) is 30.0 Å². The summed E-state index contributed by atoms with van der Waals surface area (Å²) < 4.78 is 11.5. The molecule has 3 heterocycles. The van der Waals surface area contributed by atoms with E-state index in [1.165, 1.54) is 0 Å². The largest absolute Gasteiger partial charge is 0.507 e. The second-order valence-electron chi connectivity index (χ2n) is 8.33. The van der Waals surface area contributed by atoms with Crippen LogP contribution in [0, 0.1) is 0 Å². The molecule has 34 heavy (non-hydrogen) atoms. The smallest absolute Gasteiger partial charge is 0.231 e. The molecule has 7 nitrogen and oxygen atoms in total. The second kappa shape index (κ2) is 9.57. The number of allylic oxidation sites excluding steroid dienone is 1. The van der Waals surface area contributed by atoms with Crippen molar-refractivity contribution in [2.24, 2.45) is 0 Å². The molecule has 0 radical (unpaired) electrons. The SMILES string of the molecule is CCOc1ccc(/C=C2\Oc3c(ccc(O)c3CN3CCN(c4ccccn4)CC3)C2=O)cc1. The van der Waals surface area contributed by atoms with Crippen LogP contribution in [0.5, 0.6) is 17.2 Å². The number of carbonyl (C=O) groups is 1. The van der Waals surface area contributed by atoms with Gasteiger partial charge in [-0.1, -0.05) is 18.2 Å². The van der Waals surface area contributed by atoms with E-state index in [0.717, 1.165) is 43.3 Å². The third-order valence-electron chi connectivity index (χ3n) is 6.13. The number of Topliss-reactive ketones (excluding diaryl/α,β-unsaturated/α-hetero) is 1. The van der Waals surface area contributed by atoms with Crippen molar-refractivity contribution in [1.82, 2.24) is 9.88 Å². The van der Waals surface area contributed by atoms with Gasteiger partial charge in [0.25, 0.3) is 0 Å². The van der Waals surface area contributed by atoms with Crippen LogP contribution < -0.4 is 14.4 Å². The maximum absolute atomic E-state index is 13.0. The van der Waals surface area contributed by atoms with Gasteiger partial charge in [0.1, 0.15) is 23.1 Å². The number of fused-ring (bicyclic) bond motifs is 1. The molecule has 3 aromatic rings. The number of phenolic OH excluding ortho intramolecular Hbond substituents is 1. The molecule has 2 aliphatic heterocycles. The highest BCUT2D eigenvalue weighted by Crippen LogP contribution is 2.40. The number of aromatic hydroxyl groups is 1. The van der Waals surface area contributed by atoms with Gasteiger partial charge in [-0.05, 0) is 55.0 Å². The number of pyridine rings is 1. The van der Waals surface area contributed by atoms with Crippen molar-refractivity contribution in [2.75, 3.05) is 37.7 Å². The summed E-state index contributed by atoms with van der Waals surface area (Å²) in [5, 5.41) is 10.6. The predicted octanol–water partition coefficient (Wildman–Crippen LogP) is 4.12. The van der Waals surface area contributed by atoms with Crippen molar-refractivity contribution in [3.63, 3.8) is 0 Å². The zero-order valence-corrected chi connectivity index (χ0v) is 19.1. The maximum atomic E-state index is 13.0. The quantitative estimate of drug-likeness (QED) is 0.558. The van der Waals surface area contributed by atoms with Crippen LogP contribution >= 0.6 is 0 Å². The number of carbonyl (C=O) groups excluding carboxylic acids is 1. The summed E-state index contributed by atoms with van der Waals surface area (Å²) in [6, 6.07) is 16.6. The number of anilines is 1. The Labute approximate surface area is 198 Å². The summed E-state index contributed by atoms with van der Waals surface area (Å²) in [6.45, 7) is 6.37. The maximum Gasteiger partial charge on any atom is 0.231 e.